The van der Waals surface area contributed by atoms with Gasteiger partial charge in [-0.25, -0.2) is 0 Å². The molecule has 0 saturated carbocycles. The summed E-state index contributed by atoms with van der Waals surface area (Å²) in [7, 11) is -1.32. The molecule has 0 saturated heterocycles. The first-order valence-electron chi connectivity index (χ1n) is 5.36. The molecule has 0 amide bonds. The van der Waals surface area contributed by atoms with Crippen molar-refractivity contribution in [3.8, 4) is 0 Å². The number of rotatable bonds is 5. The summed E-state index contributed by atoms with van der Waals surface area (Å²) in [5.41, 5.74) is 1.37. The number of halogens is 1. The SMILES string of the molecule is C[Si](C)(C)OCCCc1ccccc1Br. The maximum Gasteiger partial charge on any atom is 0.183 e. The molecule has 1 rings (SSSR count). The lowest BCUT2D eigenvalue weighted by molar-refractivity contribution is 0.305. The van der Waals surface area contributed by atoms with Gasteiger partial charge in [-0.2, -0.15) is 0 Å². The van der Waals surface area contributed by atoms with Crippen molar-refractivity contribution in [2.45, 2.75) is 32.5 Å². The van der Waals surface area contributed by atoms with E-state index in [1.807, 2.05) is 6.07 Å². The van der Waals surface area contributed by atoms with Gasteiger partial charge in [0.25, 0.3) is 0 Å². The highest BCUT2D eigenvalue weighted by atomic mass is 79.9. The van der Waals surface area contributed by atoms with Crippen molar-refractivity contribution in [2.75, 3.05) is 6.61 Å². The zero-order valence-electron chi connectivity index (χ0n) is 9.72. The van der Waals surface area contributed by atoms with E-state index in [9.17, 15) is 0 Å². The smallest absolute Gasteiger partial charge is 0.183 e. The minimum Gasteiger partial charge on any atom is -0.418 e. The van der Waals surface area contributed by atoms with Crippen molar-refractivity contribution in [2.24, 2.45) is 0 Å². The molecule has 1 aromatic carbocycles. The Morgan fingerprint density at radius 2 is 1.87 bits per heavy atom. The van der Waals surface area contributed by atoms with Crippen LogP contribution in [-0.4, -0.2) is 14.9 Å². The summed E-state index contributed by atoms with van der Waals surface area (Å²) >= 11 is 3.56. The number of aryl methyl sites for hydroxylation is 1. The molecule has 0 atom stereocenters. The average Bonchev–Trinajstić information content (AvgIpc) is 2.13. The van der Waals surface area contributed by atoms with Gasteiger partial charge in [0.1, 0.15) is 0 Å². The molecule has 0 aliphatic heterocycles. The molecule has 1 nitrogen and oxygen atoms in total. The molecule has 1 aromatic rings. The predicted molar refractivity (Wildman–Crippen MR) is 71.8 cm³/mol. The van der Waals surface area contributed by atoms with Gasteiger partial charge in [0.05, 0.1) is 0 Å². The highest BCUT2D eigenvalue weighted by molar-refractivity contribution is 9.10. The Balaban J connectivity index is 2.30. The van der Waals surface area contributed by atoms with E-state index in [0.717, 1.165) is 19.4 Å². The van der Waals surface area contributed by atoms with Crippen LogP contribution in [0.25, 0.3) is 0 Å². The molecule has 15 heavy (non-hydrogen) atoms. The fourth-order valence-electron chi connectivity index (χ4n) is 1.34. The molecule has 0 aromatic heterocycles. The summed E-state index contributed by atoms with van der Waals surface area (Å²) in [6.07, 6.45) is 2.19. The largest absolute Gasteiger partial charge is 0.418 e. The van der Waals surface area contributed by atoms with E-state index in [2.05, 4.69) is 53.8 Å². The van der Waals surface area contributed by atoms with E-state index in [4.69, 9.17) is 4.43 Å². The molecular weight excluding hydrogens is 268 g/mol. The molecule has 0 heterocycles. The summed E-state index contributed by atoms with van der Waals surface area (Å²) in [4.78, 5) is 0. The maximum absolute atomic E-state index is 5.81. The zero-order chi connectivity index (χ0) is 11.3. The first-order chi connectivity index (χ1) is 6.99. The first kappa shape index (κ1) is 12.9. The maximum atomic E-state index is 5.81. The van der Waals surface area contributed by atoms with Crippen LogP contribution >= 0.6 is 15.9 Å². The van der Waals surface area contributed by atoms with Crippen LogP contribution in [0.1, 0.15) is 12.0 Å². The van der Waals surface area contributed by atoms with Crippen LogP contribution in [-0.2, 0) is 10.8 Å². The molecule has 0 N–H and O–H groups in total. The molecule has 0 spiro atoms. The van der Waals surface area contributed by atoms with Gasteiger partial charge in [-0.1, -0.05) is 34.1 Å². The lowest BCUT2D eigenvalue weighted by Crippen LogP contribution is -2.25. The average molecular weight is 287 g/mol. The fourth-order valence-corrected chi connectivity index (χ4v) is 2.58. The van der Waals surface area contributed by atoms with E-state index in [1.165, 1.54) is 10.0 Å². The first-order valence-corrected chi connectivity index (χ1v) is 9.56. The Morgan fingerprint density at radius 3 is 2.47 bits per heavy atom. The molecule has 0 unspecified atom stereocenters. The quantitative estimate of drug-likeness (QED) is 0.581. The van der Waals surface area contributed by atoms with E-state index < -0.39 is 8.32 Å². The lowest BCUT2D eigenvalue weighted by atomic mass is 10.1. The van der Waals surface area contributed by atoms with Crippen LogP contribution in [0.5, 0.6) is 0 Å². The normalized spacial score (nSPS) is 11.7. The Bertz CT molecular complexity index is 307. The van der Waals surface area contributed by atoms with Crippen LogP contribution in [0.3, 0.4) is 0 Å². The molecule has 84 valence electrons. The number of hydrogen-bond acceptors (Lipinski definition) is 1. The molecule has 0 radical (unpaired) electrons. The topological polar surface area (TPSA) is 9.23 Å². The van der Waals surface area contributed by atoms with Gasteiger partial charge in [0, 0.05) is 11.1 Å². The Labute approximate surface area is 102 Å². The molecule has 3 heteroatoms. The summed E-state index contributed by atoms with van der Waals surface area (Å²) < 4.78 is 7.02. The minimum absolute atomic E-state index is 0.886. The predicted octanol–water partition coefficient (Wildman–Crippen LogP) is 4.23. The van der Waals surface area contributed by atoms with E-state index >= 15 is 0 Å². The van der Waals surface area contributed by atoms with Crippen molar-refractivity contribution in [3.63, 3.8) is 0 Å². The monoisotopic (exact) mass is 286 g/mol. The Kier molecular flexibility index (Phi) is 5.03. The summed E-state index contributed by atoms with van der Waals surface area (Å²) in [5, 5.41) is 0. The van der Waals surface area contributed by atoms with E-state index in [0.29, 0.717) is 0 Å². The standard InChI is InChI=1S/C12H19BrOSi/c1-15(2,3)14-10-6-8-11-7-4-5-9-12(11)13/h4-5,7,9H,6,8,10H2,1-3H3. The van der Waals surface area contributed by atoms with Crippen LogP contribution in [0.2, 0.25) is 19.6 Å². The van der Waals surface area contributed by atoms with E-state index in [-0.39, 0.29) is 0 Å². The highest BCUT2D eigenvalue weighted by Crippen LogP contribution is 2.17. The Morgan fingerprint density at radius 1 is 1.20 bits per heavy atom. The second kappa shape index (κ2) is 5.82. The molecule has 0 bridgehead atoms. The third kappa shape index (κ3) is 5.49. The van der Waals surface area contributed by atoms with Crippen molar-refractivity contribution >= 4 is 24.2 Å². The third-order valence-electron chi connectivity index (χ3n) is 2.08. The molecule has 0 aliphatic rings. The van der Waals surface area contributed by atoms with Gasteiger partial charge in [0.15, 0.2) is 8.32 Å². The van der Waals surface area contributed by atoms with Crippen LogP contribution < -0.4 is 0 Å². The van der Waals surface area contributed by atoms with Crippen LogP contribution in [0.4, 0.5) is 0 Å². The summed E-state index contributed by atoms with van der Waals surface area (Å²) in [6.45, 7) is 7.57. The zero-order valence-corrected chi connectivity index (χ0v) is 12.3. The van der Waals surface area contributed by atoms with Crippen molar-refractivity contribution in [1.29, 1.82) is 0 Å². The van der Waals surface area contributed by atoms with Gasteiger partial charge in [-0.05, 0) is 44.1 Å². The van der Waals surface area contributed by atoms with Gasteiger partial charge < -0.3 is 4.43 Å². The molecule has 0 fully saturated rings. The molecule has 0 aliphatic carbocycles. The number of benzene rings is 1. The summed E-state index contributed by atoms with van der Waals surface area (Å²) in [6, 6.07) is 8.39. The number of hydrogen-bond donors (Lipinski definition) is 0. The Hall–Kier alpha value is -0.123. The molecular formula is C12H19BrOSi. The van der Waals surface area contributed by atoms with Gasteiger partial charge in [-0.15, -0.1) is 0 Å². The lowest BCUT2D eigenvalue weighted by Gasteiger charge is -2.16. The summed E-state index contributed by atoms with van der Waals surface area (Å²) in [5.74, 6) is 0. The van der Waals surface area contributed by atoms with Gasteiger partial charge in [-0.3, -0.25) is 0 Å². The second-order valence-electron chi connectivity index (χ2n) is 4.66. The fraction of sp³-hybridized carbons (Fsp3) is 0.500. The van der Waals surface area contributed by atoms with Crippen LogP contribution in [0, 0.1) is 0 Å². The van der Waals surface area contributed by atoms with Crippen LogP contribution in [0.15, 0.2) is 28.7 Å². The van der Waals surface area contributed by atoms with Gasteiger partial charge >= 0.3 is 0 Å². The minimum atomic E-state index is -1.32. The highest BCUT2D eigenvalue weighted by Gasteiger charge is 2.13. The third-order valence-corrected chi connectivity index (χ3v) is 3.93. The van der Waals surface area contributed by atoms with Crippen molar-refractivity contribution in [1.82, 2.24) is 0 Å². The van der Waals surface area contributed by atoms with Gasteiger partial charge in [0.2, 0.25) is 0 Å². The van der Waals surface area contributed by atoms with Crippen molar-refractivity contribution in [3.05, 3.63) is 34.3 Å². The second-order valence-corrected chi connectivity index (χ2v) is 10.0. The van der Waals surface area contributed by atoms with E-state index in [1.54, 1.807) is 0 Å². The van der Waals surface area contributed by atoms with Crippen molar-refractivity contribution < 1.29 is 4.43 Å².